The summed E-state index contributed by atoms with van der Waals surface area (Å²) in [7, 11) is 0. The molecule has 218 valence electrons. The lowest BCUT2D eigenvalue weighted by atomic mass is 9.97. The molecule has 0 N–H and O–H groups in total. The van der Waals surface area contributed by atoms with Crippen LogP contribution in [0.25, 0.3) is 11.1 Å². The fourth-order valence-electron chi connectivity index (χ4n) is 4.43. The van der Waals surface area contributed by atoms with E-state index in [0.29, 0.717) is 36.4 Å². The first kappa shape index (κ1) is 30.2. The van der Waals surface area contributed by atoms with Gasteiger partial charge in [0.2, 0.25) is 0 Å². The molecule has 3 aromatic carbocycles. The van der Waals surface area contributed by atoms with Crippen LogP contribution in [-0.2, 0) is 21.8 Å². The summed E-state index contributed by atoms with van der Waals surface area (Å²) in [5, 5.41) is 8.77. The number of hydrogen-bond donors (Lipinski definition) is 0. The second-order valence-electron chi connectivity index (χ2n) is 9.26. The first-order chi connectivity index (χ1) is 19.2. The van der Waals surface area contributed by atoms with Crippen LogP contribution in [0.1, 0.15) is 48.3 Å². The molecule has 0 radical (unpaired) electrons. The lowest BCUT2D eigenvalue weighted by molar-refractivity contribution is -0.206. The molecule has 0 bridgehead atoms. The highest BCUT2D eigenvalue weighted by atomic mass is 19.4. The number of benzene rings is 3. The number of ether oxygens (including phenoxy) is 3. The van der Waals surface area contributed by atoms with Gasteiger partial charge in [-0.2, -0.15) is 27.2 Å². The van der Waals surface area contributed by atoms with Crippen molar-refractivity contribution in [3.63, 3.8) is 0 Å². The molecule has 4 rings (SSSR count). The highest BCUT2D eigenvalue weighted by molar-refractivity contribution is 5.70. The Morgan fingerprint density at radius 1 is 0.878 bits per heavy atom. The molecule has 3 aromatic rings. The summed E-state index contributed by atoms with van der Waals surface area (Å²) in [4.78, 5) is 0. The van der Waals surface area contributed by atoms with Gasteiger partial charge in [-0.25, -0.2) is 17.6 Å². The van der Waals surface area contributed by atoms with Gasteiger partial charge < -0.3 is 14.2 Å². The van der Waals surface area contributed by atoms with Gasteiger partial charge >= 0.3 is 12.3 Å². The fraction of sp³-hybridized carbons (Fsp3) is 0.321. The summed E-state index contributed by atoms with van der Waals surface area (Å²) in [5.74, 6) is -7.49. The Morgan fingerprint density at radius 3 is 1.98 bits per heavy atom. The van der Waals surface area contributed by atoms with E-state index in [-0.39, 0.29) is 30.8 Å². The molecule has 1 fully saturated rings. The third kappa shape index (κ3) is 6.44. The Balaban J connectivity index is 1.64. The first-order valence-electron chi connectivity index (χ1n) is 12.1. The number of nitriles is 1. The van der Waals surface area contributed by atoms with E-state index in [2.05, 4.69) is 4.74 Å². The van der Waals surface area contributed by atoms with Crippen LogP contribution in [0.3, 0.4) is 0 Å². The second-order valence-corrected chi connectivity index (χ2v) is 9.26. The molecule has 41 heavy (non-hydrogen) atoms. The van der Waals surface area contributed by atoms with Crippen LogP contribution in [0.4, 0.5) is 39.5 Å². The SMILES string of the molecule is CCCC1COC(c2cc(F)c(C(F)(F)Oc3ccc(-c4cc(F)c(C#N)c(F)c4)c(C(F)(F)F)c3)c(F)c2)OC1. The summed E-state index contributed by atoms with van der Waals surface area (Å²) in [6.07, 6.45) is -9.59. The largest absolute Gasteiger partial charge is 0.432 e. The molecule has 0 amide bonds. The monoisotopic (exact) mass is 589 g/mol. The molecular weight excluding hydrogens is 569 g/mol. The third-order valence-electron chi connectivity index (χ3n) is 6.30. The van der Waals surface area contributed by atoms with Crippen molar-refractivity contribution in [2.75, 3.05) is 13.2 Å². The molecule has 1 heterocycles. The molecule has 0 saturated carbocycles. The average Bonchev–Trinajstić information content (AvgIpc) is 2.87. The Hall–Kier alpha value is -3.76. The van der Waals surface area contributed by atoms with Gasteiger partial charge in [0, 0.05) is 11.5 Å². The molecule has 0 unspecified atom stereocenters. The van der Waals surface area contributed by atoms with Crippen molar-refractivity contribution < 1.29 is 53.7 Å². The number of nitrogens with zero attached hydrogens (tertiary/aromatic N) is 1. The highest BCUT2D eigenvalue weighted by Crippen LogP contribution is 2.43. The van der Waals surface area contributed by atoms with Crippen LogP contribution in [0.5, 0.6) is 5.75 Å². The van der Waals surface area contributed by atoms with Crippen molar-refractivity contribution in [3.05, 3.63) is 88.0 Å². The molecule has 1 saturated heterocycles. The quantitative estimate of drug-likeness (QED) is 0.260. The minimum Gasteiger partial charge on any atom is -0.429 e. The maximum atomic E-state index is 14.9. The lowest BCUT2D eigenvalue weighted by Gasteiger charge is -2.30. The Bertz CT molecular complexity index is 1430. The maximum absolute atomic E-state index is 14.9. The molecule has 0 spiro atoms. The summed E-state index contributed by atoms with van der Waals surface area (Å²) in [6, 6.07) is 4.56. The summed E-state index contributed by atoms with van der Waals surface area (Å²) in [5.41, 5.74) is -6.23. The zero-order valence-corrected chi connectivity index (χ0v) is 21.1. The number of halogens is 9. The van der Waals surface area contributed by atoms with Gasteiger partial charge in [-0.1, -0.05) is 19.4 Å². The van der Waals surface area contributed by atoms with Crippen LogP contribution >= 0.6 is 0 Å². The predicted molar refractivity (Wildman–Crippen MR) is 125 cm³/mol. The molecule has 13 heteroatoms. The normalized spacial score (nSPS) is 17.8. The highest BCUT2D eigenvalue weighted by Gasteiger charge is 2.43. The second kappa shape index (κ2) is 11.6. The molecule has 1 aliphatic heterocycles. The maximum Gasteiger partial charge on any atom is 0.432 e. The van der Waals surface area contributed by atoms with Gasteiger partial charge in [-0.3, -0.25) is 0 Å². The Morgan fingerprint density at radius 2 is 1.46 bits per heavy atom. The third-order valence-corrected chi connectivity index (χ3v) is 6.30. The number of hydrogen-bond acceptors (Lipinski definition) is 4. The van der Waals surface area contributed by atoms with Crippen molar-refractivity contribution in [3.8, 4) is 22.9 Å². The summed E-state index contributed by atoms with van der Waals surface area (Å²) >= 11 is 0. The van der Waals surface area contributed by atoms with Crippen molar-refractivity contribution in [2.24, 2.45) is 5.92 Å². The van der Waals surface area contributed by atoms with Crippen LogP contribution in [0.2, 0.25) is 0 Å². The molecular formula is C28H20F9NO3. The molecule has 4 nitrogen and oxygen atoms in total. The van der Waals surface area contributed by atoms with Gasteiger partial charge in [0.1, 0.15) is 46.2 Å². The summed E-state index contributed by atoms with van der Waals surface area (Å²) < 4.78 is 144. The Kier molecular flexibility index (Phi) is 8.56. The molecule has 0 aliphatic carbocycles. The topological polar surface area (TPSA) is 51.5 Å². The average molecular weight is 589 g/mol. The van der Waals surface area contributed by atoms with Gasteiger partial charge in [-0.15, -0.1) is 0 Å². The standard InChI is InChI=1S/C28H20F9NO3/c1-2-3-14-12-39-26(40-13-14)16-8-23(31)25(24(32)9-16)28(36,37)41-17-4-5-18(20(10-17)27(33,34)35)15-6-21(29)19(11-38)22(30)7-15/h4-10,14,26H,2-3,12-13H2,1H3. The van der Waals surface area contributed by atoms with E-state index in [4.69, 9.17) is 14.7 Å². The van der Waals surface area contributed by atoms with E-state index in [0.717, 1.165) is 12.8 Å². The van der Waals surface area contributed by atoms with Crippen molar-refractivity contribution in [1.82, 2.24) is 0 Å². The molecule has 0 atom stereocenters. The summed E-state index contributed by atoms with van der Waals surface area (Å²) in [6.45, 7) is 2.40. The van der Waals surface area contributed by atoms with Crippen LogP contribution in [-0.4, -0.2) is 13.2 Å². The Labute approximate surface area is 227 Å². The molecule has 0 aromatic heterocycles. The van der Waals surface area contributed by atoms with E-state index in [1.807, 2.05) is 6.92 Å². The van der Waals surface area contributed by atoms with E-state index >= 15 is 0 Å². The predicted octanol–water partition coefficient (Wildman–Crippen LogP) is 8.39. The van der Waals surface area contributed by atoms with Gasteiger partial charge in [0.25, 0.3) is 0 Å². The van der Waals surface area contributed by atoms with Crippen molar-refractivity contribution in [2.45, 2.75) is 38.3 Å². The molecule has 1 aliphatic rings. The minimum absolute atomic E-state index is 0.0610. The van der Waals surface area contributed by atoms with Crippen molar-refractivity contribution >= 4 is 0 Å². The zero-order valence-electron chi connectivity index (χ0n) is 21.1. The van der Waals surface area contributed by atoms with E-state index in [1.165, 1.54) is 6.07 Å². The van der Waals surface area contributed by atoms with Gasteiger partial charge in [-0.05, 0) is 53.9 Å². The van der Waals surface area contributed by atoms with Crippen LogP contribution < -0.4 is 4.74 Å². The zero-order chi connectivity index (χ0) is 30.1. The van der Waals surface area contributed by atoms with Gasteiger partial charge in [0.05, 0.1) is 18.8 Å². The number of alkyl halides is 5. The van der Waals surface area contributed by atoms with E-state index < -0.39 is 75.4 Å². The van der Waals surface area contributed by atoms with Crippen molar-refractivity contribution in [1.29, 1.82) is 5.26 Å². The lowest BCUT2D eigenvalue weighted by Crippen LogP contribution is -2.28. The fourth-order valence-corrected chi connectivity index (χ4v) is 4.43. The smallest absolute Gasteiger partial charge is 0.429 e. The minimum atomic E-state index is -5.24. The number of rotatable bonds is 7. The van der Waals surface area contributed by atoms with Crippen LogP contribution in [0, 0.1) is 40.5 Å². The van der Waals surface area contributed by atoms with Gasteiger partial charge in [0.15, 0.2) is 6.29 Å². The van der Waals surface area contributed by atoms with E-state index in [9.17, 15) is 39.5 Å². The first-order valence-corrected chi connectivity index (χ1v) is 12.1. The van der Waals surface area contributed by atoms with Crippen LogP contribution in [0.15, 0.2) is 42.5 Å². The van der Waals surface area contributed by atoms with E-state index in [1.54, 1.807) is 0 Å².